The zero-order valence-electron chi connectivity index (χ0n) is 15.7. The van der Waals surface area contributed by atoms with Crippen molar-refractivity contribution in [2.45, 2.75) is 26.4 Å². The molecule has 0 bridgehead atoms. The Morgan fingerprint density at radius 1 is 0.760 bits per heavy atom. The Hall–Kier alpha value is -2.18. The van der Waals surface area contributed by atoms with E-state index in [2.05, 4.69) is 0 Å². The molecule has 134 valence electrons. The molecule has 0 N–H and O–H groups in total. The molecule has 6 heteroatoms. The van der Waals surface area contributed by atoms with Crippen molar-refractivity contribution >= 4 is 12.6 Å². The van der Waals surface area contributed by atoms with Gasteiger partial charge in [-0.3, -0.25) is 0 Å². The number of methoxy groups -OCH3 is 2. The average Bonchev–Trinajstić information content (AvgIpc) is 2.59. The number of rotatable bonds is 7. The maximum atomic E-state index is 5.89. The van der Waals surface area contributed by atoms with Crippen molar-refractivity contribution in [1.82, 2.24) is 0 Å². The Morgan fingerprint density at radius 3 is 1.88 bits per heavy atom. The molecule has 0 heterocycles. The van der Waals surface area contributed by atoms with Crippen LogP contribution in [0.25, 0.3) is 0 Å². The summed E-state index contributed by atoms with van der Waals surface area (Å²) >= 11 is 0. The fraction of sp³-hybridized carbons (Fsp3) is 0.368. The monoisotopic (exact) mass is 344 g/mol. The zero-order chi connectivity index (χ0) is 18.4. The first-order valence-corrected chi connectivity index (χ1v) is 8.06. The third kappa shape index (κ3) is 5.41. The van der Waals surface area contributed by atoms with Crippen LogP contribution in [-0.4, -0.2) is 34.0 Å². The van der Waals surface area contributed by atoms with Gasteiger partial charge in [0.1, 0.15) is 11.5 Å². The highest BCUT2D eigenvalue weighted by molar-refractivity contribution is 6.61. The molecule has 0 aliphatic rings. The molecule has 2 aromatic carbocycles. The molecule has 0 aliphatic heterocycles. The zero-order valence-corrected chi connectivity index (χ0v) is 15.7. The first-order valence-electron chi connectivity index (χ1n) is 8.06. The van der Waals surface area contributed by atoms with Crippen LogP contribution >= 0.6 is 0 Å². The van der Waals surface area contributed by atoms with E-state index in [-0.39, 0.29) is 5.60 Å². The van der Waals surface area contributed by atoms with Gasteiger partial charge in [-0.15, -0.1) is 0 Å². The van der Waals surface area contributed by atoms with Crippen molar-refractivity contribution < 1.29 is 23.5 Å². The lowest BCUT2D eigenvalue weighted by Gasteiger charge is -2.24. The molecule has 0 saturated carbocycles. The van der Waals surface area contributed by atoms with Gasteiger partial charge in [0.25, 0.3) is 0 Å². The molecule has 2 aromatic rings. The highest BCUT2D eigenvalue weighted by Crippen LogP contribution is 2.32. The van der Waals surface area contributed by atoms with E-state index in [0.29, 0.717) is 23.0 Å². The summed E-state index contributed by atoms with van der Waals surface area (Å²) in [6.45, 7) is 5.98. The van der Waals surface area contributed by atoms with E-state index in [1.165, 1.54) is 0 Å². The van der Waals surface area contributed by atoms with Gasteiger partial charge in [-0.05, 0) is 50.5 Å². The van der Waals surface area contributed by atoms with Crippen LogP contribution in [0, 0.1) is 0 Å². The van der Waals surface area contributed by atoms with E-state index in [1.54, 1.807) is 33.5 Å². The Bertz CT molecular complexity index is 679. The van der Waals surface area contributed by atoms with E-state index >= 15 is 0 Å². The largest absolute Gasteiger partial charge is 0.494 e. The number of ether oxygens (including phenoxy) is 3. The predicted octanol–water partition coefficient (Wildman–Crippen LogP) is 3.65. The lowest BCUT2D eigenvalue weighted by Crippen LogP contribution is -2.41. The number of hydrogen-bond acceptors (Lipinski definition) is 5. The number of benzene rings is 2. The van der Waals surface area contributed by atoms with Crippen molar-refractivity contribution in [3.05, 3.63) is 42.5 Å². The molecule has 25 heavy (non-hydrogen) atoms. The second-order valence-electron chi connectivity index (χ2n) is 6.49. The molecule has 0 radical (unpaired) electrons. The van der Waals surface area contributed by atoms with Crippen LogP contribution in [0.3, 0.4) is 0 Å². The summed E-state index contributed by atoms with van der Waals surface area (Å²) < 4.78 is 27.7. The van der Waals surface area contributed by atoms with E-state index < -0.39 is 7.12 Å². The van der Waals surface area contributed by atoms with Gasteiger partial charge >= 0.3 is 7.12 Å². The molecule has 2 rings (SSSR count). The van der Waals surface area contributed by atoms with Gasteiger partial charge in [-0.1, -0.05) is 12.1 Å². The van der Waals surface area contributed by atoms with Crippen LogP contribution in [0.5, 0.6) is 23.0 Å². The minimum absolute atomic E-state index is 0.296. The quantitative estimate of drug-likeness (QED) is 0.718. The van der Waals surface area contributed by atoms with Crippen LogP contribution in [0.2, 0.25) is 0 Å². The summed E-state index contributed by atoms with van der Waals surface area (Å²) in [6.07, 6.45) is 0. The fourth-order valence-corrected chi connectivity index (χ4v) is 2.28. The van der Waals surface area contributed by atoms with Gasteiger partial charge in [-0.25, -0.2) is 0 Å². The van der Waals surface area contributed by atoms with Crippen molar-refractivity contribution in [3.8, 4) is 23.0 Å². The van der Waals surface area contributed by atoms with E-state index in [1.807, 2.05) is 51.1 Å². The molecular formula is C19H25BO5. The van der Waals surface area contributed by atoms with Crippen LogP contribution in [0.4, 0.5) is 0 Å². The fourth-order valence-electron chi connectivity index (χ4n) is 2.28. The molecule has 0 spiro atoms. The Labute approximate surface area is 150 Å². The Kier molecular flexibility index (Phi) is 6.34. The predicted molar refractivity (Wildman–Crippen MR) is 99.3 cm³/mol. The summed E-state index contributed by atoms with van der Waals surface area (Å²) in [5, 5.41) is 0. The van der Waals surface area contributed by atoms with E-state index in [4.69, 9.17) is 23.5 Å². The van der Waals surface area contributed by atoms with Crippen LogP contribution in [0.1, 0.15) is 20.8 Å². The molecule has 0 unspecified atom stereocenters. The highest BCUT2D eigenvalue weighted by Gasteiger charge is 2.26. The SMILES string of the molecule is COB(OC(C)(C)C)c1ccc(Oc2ccc(OC)c(OC)c2)cc1. The van der Waals surface area contributed by atoms with Crippen LogP contribution in [0.15, 0.2) is 42.5 Å². The van der Waals surface area contributed by atoms with E-state index in [9.17, 15) is 0 Å². The average molecular weight is 344 g/mol. The summed E-state index contributed by atoms with van der Waals surface area (Å²) in [7, 11) is 4.40. The molecule has 5 nitrogen and oxygen atoms in total. The molecule has 0 aliphatic carbocycles. The highest BCUT2D eigenvalue weighted by atomic mass is 16.6. The Balaban J connectivity index is 2.12. The third-order valence-electron chi connectivity index (χ3n) is 3.42. The van der Waals surface area contributed by atoms with Gasteiger partial charge in [0, 0.05) is 18.8 Å². The lowest BCUT2D eigenvalue weighted by molar-refractivity contribution is 0.0982. The van der Waals surface area contributed by atoms with Crippen LogP contribution in [-0.2, 0) is 9.31 Å². The van der Waals surface area contributed by atoms with Crippen molar-refractivity contribution in [2.75, 3.05) is 21.3 Å². The maximum absolute atomic E-state index is 5.89. The Morgan fingerprint density at radius 2 is 1.36 bits per heavy atom. The molecule has 0 atom stereocenters. The standard InChI is InChI=1S/C19H25BO5/c1-19(2,3)25-20(23-6)14-7-9-15(10-8-14)24-16-11-12-17(21-4)18(13-16)22-5/h7-13H,1-6H3. The summed E-state index contributed by atoms with van der Waals surface area (Å²) in [6, 6.07) is 13.0. The first-order chi connectivity index (χ1) is 11.9. The second kappa shape index (κ2) is 8.27. The summed E-state index contributed by atoms with van der Waals surface area (Å²) in [4.78, 5) is 0. The molecule has 0 amide bonds. The lowest BCUT2D eigenvalue weighted by atomic mass is 9.78. The molecule has 0 aromatic heterocycles. The summed E-state index contributed by atoms with van der Waals surface area (Å²) in [5.74, 6) is 2.66. The minimum atomic E-state index is -0.421. The maximum Gasteiger partial charge on any atom is 0.494 e. The molecule has 0 fully saturated rings. The van der Waals surface area contributed by atoms with Crippen molar-refractivity contribution in [2.24, 2.45) is 0 Å². The van der Waals surface area contributed by atoms with Gasteiger partial charge in [0.05, 0.1) is 14.2 Å². The van der Waals surface area contributed by atoms with E-state index in [0.717, 1.165) is 5.46 Å². The summed E-state index contributed by atoms with van der Waals surface area (Å²) in [5.41, 5.74) is 0.632. The smallest absolute Gasteiger partial charge is 0.493 e. The van der Waals surface area contributed by atoms with Gasteiger partial charge in [0.2, 0.25) is 0 Å². The third-order valence-corrected chi connectivity index (χ3v) is 3.42. The van der Waals surface area contributed by atoms with Crippen LogP contribution < -0.4 is 19.7 Å². The van der Waals surface area contributed by atoms with Gasteiger partial charge < -0.3 is 23.5 Å². The molecular weight excluding hydrogens is 319 g/mol. The second-order valence-corrected chi connectivity index (χ2v) is 6.49. The molecule has 0 saturated heterocycles. The number of hydrogen-bond donors (Lipinski definition) is 0. The normalized spacial score (nSPS) is 11.1. The van der Waals surface area contributed by atoms with Gasteiger partial charge in [0.15, 0.2) is 11.5 Å². The first kappa shape index (κ1) is 19.2. The topological polar surface area (TPSA) is 46.2 Å². The van der Waals surface area contributed by atoms with Gasteiger partial charge in [-0.2, -0.15) is 0 Å². The van der Waals surface area contributed by atoms with Crippen molar-refractivity contribution in [1.29, 1.82) is 0 Å². The van der Waals surface area contributed by atoms with Crippen molar-refractivity contribution in [3.63, 3.8) is 0 Å². The minimum Gasteiger partial charge on any atom is -0.493 e.